The average Bonchev–Trinajstić information content (AvgIpc) is 2.99. The van der Waals surface area contributed by atoms with Crippen LogP contribution in [0, 0.1) is 12.8 Å². The third-order valence-corrected chi connectivity index (χ3v) is 7.07. The summed E-state index contributed by atoms with van der Waals surface area (Å²) in [5, 5.41) is 3.25. The molecule has 30 heavy (non-hydrogen) atoms. The Morgan fingerprint density at radius 3 is 2.20 bits per heavy atom. The summed E-state index contributed by atoms with van der Waals surface area (Å²) in [6, 6.07) is 11.0. The number of carbonyl (C=O) groups excluding carboxylic acids is 2. The SMILES string of the molecule is CC(=NS(=O)(=O)c1ccc(N2C(=O)c3ccccc3C2=O)c(C)c1)C1CCNCC1. The first-order valence-electron chi connectivity index (χ1n) is 9.90. The van der Waals surface area contributed by atoms with E-state index in [0.29, 0.717) is 28.1 Å². The number of aryl methyl sites for hydroxylation is 1. The van der Waals surface area contributed by atoms with Crippen LogP contribution in [0.25, 0.3) is 0 Å². The number of carbonyl (C=O) groups is 2. The van der Waals surface area contributed by atoms with E-state index in [2.05, 4.69) is 9.71 Å². The fourth-order valence-electron chi connectivity index (χ4n) is 4.00. The van der Waals surface area contributed by atoms with Gasteiger partial charge in [0, 0.05) is 11.6 Å². The maximum Gasteiger partial charge on any atom is 0.282 e. The standard InChI is InChI=1S/C22H23N3O4S/c1-14-13-17(30(28,29)24-15(2)16-9-11-23-12-10-16)7-8-20(14)25-21(26)18-5-3-4-6-19(18)22(25)27/h3-8,13,16,23H,9-12H2,1-2H3. The number of fused-ring (bicyclic) bond motifs is 1. The number of nitrogens with zero attached hydrogens (tertiary/aromatic N) is 2. The molecule has 0 bridgehead atoms. The monoisotopic (exact) mass is 425 g/mol. The van der Waals surface area contributed by atoms with Gasteiger partial charge in [0.1, 0.15) is 0 Å². The Morgan fingerprint density at radius 2 is 1.63 bits per heavy atom. The van der Waals surface area contributed by atoms with Crippen LogP contribution in [0.3, 0.4) is 0 Å². The predicted octanol–water partition coefficient (Wildman–Crippen LogP) is 2.94. The summed E-state index contributed by atoms with van der Waals surface area (Å²) < 4.78 is 29.7. The zero-order valence-electron chi connectivity index (χ0n) is 16.9. The van der Waals surface area contributed by atoms with Crippen molar-refractivity contribution in [1.29, 1.82) is 0 Å². The Kier molecular flexibility index (Phi) is 5.29. The summed E-state index contributed by atoms with van der Waals surface area (Å²) in [5.74, 6) is -0.664. The summed E-state index contributed by atoms with van der Waals surface area (Å²) >= 11 is 0. The van der Waals surface area contributed by atoms with Crippen molar-refractivity contribution in [3.05, 3.63) is 59.2 Å². The van der Waals surface area contributed by atoms with Crippen LogP contribution in [-0.4, -0.2) is 39.0 Å². The number of nitrogens with one attached hydrogen (secondary N) is 1. The normalized spacial score (nSPS) is 18.1. The maximum absolute atomic E-state index is 12.8. The second-order valence-corrected chi connectivity index (χ2v) is 9.28. The molecule has 0 unspecified atom stereocenters. The molecule has 2 aromatic carbocycles. The van der Waals surface area contributed by atoms with Gasteiger partial charge in [-0.25, -0.2) is 4.90 Å². The molecule has 156 valence electrons. The highest BCUT2D eigenvalue weighted by Gasteiger charge is 2.37. The largest absolute Gasteiger partial charge is 0.317 e. The van der Waals surface area contributed by atoms with Gasteiger partial charge in [0.05, 0.1) is 21.7 Å². The maximum atomic E-state index is 12.8. The summed E-state index contributed by atoms with van der Waals surface area (Å²) in [7, 11) is -3.87. The van der Waals surface area contributed by atoms with E-state index in [1.54, 1.807) is 38.1 Å². The van der Waals surface area contributed by atoms with E-state index >= 15 is 0 Å². The van der Waals surface area contributed by atoms with E-state index in [9.17, 15) is 18.0 Å². The Hall–Kier alpha value is -2.84. The average molecular weight is 426 g/mol. The number of hydrogen-bond donors (Lipinski definition) is 1. The summed E-state index contributed by atoms with van der Waals surface area (Å²) in [4.78, 5) is 26.6. The fourth-order valence-corrected chi connectivity index (χ4v) is 5.20. The van der Waals surface area contributed by atoms with Gasteiger partial charge < -0.3 is 5.32 Å². The molecule has 0 saturated carbocycles. The van der Waals surface area contributed by atoms with Crippen molar-refractivity contribution < 1.29 is 18.0 Å². The van der Waals surface area contributed by atoms with E-state index in [1.807, 2.05) is 0 Å². The van der Waals surface area contributed by atoms with Gasteiger partial charge in [-0.3, -0.25) is 9.59 Å². The van der Waals surface area contributed by atoms with Crippen LogP contribution < -0.4 is 10.2 Å². The number of rotatable bonds is 4. The molecule has 2 aromatic rings. The molecule has 2 aliphatic rings. The van der Waals surface area contributed by atoms with Crippen LogP contribution in [0.2, 0.25) is 0 Å². The highest BCUT2D eigenvalue weighted by Crippen LogP contribution is 2.32. The van der Waals surface area contributed by atoms with E-state index < -0.39 is 21.8 Å². The Labute approximate surface area is 175 Å². The van der Waals surface area contributed by atoms with E-state index in [1.165, 1.54) is 18.2 Å². The van der Waals surface area contributed by atoms with Gasteiger partial charge in [-0.05, 0) is 75.7 Å². The lowest BCUT2D eigenvalue weighted by molar-refractivity contribution is 0.0926. The molecule has 1 N–H and O–H groups in total. The van der Waals surface area contributed by atoms with Gasteiger partial charge >= 0.3 is 0 Å². The van der Waals surface area contributed by atoms with Gasteiger partial charge in [-0.1, -0.05) is 12.1 Å². The molecule has 0 atom stereocenters. The molecule has 2 aliphatic heterocycles. The Morgan fingerprint density at radius 1 is 1.03 bits per heavy atom. The minimum Gasteiger partial charge on any atom is -0.317 e. The molecule has 0 spiro atoms. The van der Waals surface area contributed by atoms with Crippen molar-refractivity contribution in [1.82, 2.24) is 5.32 Å². The van der Waals surface area contributed by atoms with Gasteiger partial charge in [0.15, 0.2) is 0 Å². The first kappa shape index (κ1) is 20.4. The van der Waals surface area contributed by atoms with Crippen molar-refractivity contribution >= 4 is 33.2 Å². The lowest BCUT2D eigenvalue weighted by atomic mass is 9.94. The topological polar surface area (TPSA) is 95.9 Å². The lowest BCUT2D eigenvalue weighted by Gasteiger charge is -2.22. The molecule has 0 aromatic heterocycles. The van der Waals surface area contributed by atoms with Crippen molar-refractivity contribution in [2.75, 3.05) is 18.0 Å². The highest BCUT2D eigenvalue weighted by atomic mass is 32.2. The molecule has 0 aliphatic carbocycles. The molecule has 4 rings (SSSR count). The first-order valence-corrected chi connectivity index (χ1v) is 11.3. The molecule has 2 heterocycles. The third kappa shape index (κ3) is 3.57. The molecule has 7 nitrogen and oxygen atoms in total. The van der Waals surface area contributed by atoms with Crippen LogP contribution in [0.15, 0.2) is 51.8 Å². The van der Waals surface area contributed by atoms with Crippen LogP contribution >= 0.6 is 0 Å². The van der Waals surface area contributed by atoms with E-state index in [0.717, 1.165) is 30.8 Å². The second-order valence-electron chi connectivity index (χ2n) is 7.67. The van der Waals surface area contributed by atoms with Crippen molar-refractivity contribution in [2.24, 2.45) is 10.3 Å². The molecule has 0 radical (unpaired) electrons. The van der Waals surface area contributed by atoms with Gasteiger partial charge in [-0.2, -0.15) is 12.8 Å². The minimum absolute atomic E-state index is 0.0497. The van der Waals surface area contributed by atoms with E-state index in [-0.39, 0.29) is 10.8 Å². The Balaban J connectivity index is 1.64. The van der Waals surface area contributed by atoms with Crippen LogP contribution in [0.1, 0.15) is 46.0 Å². The van der Waals surface area contributed by atoms with Crippen LogP contribution in [0.4, 0.5) is 5.69 Å². The van der Waals surface area contributed by atoms with E-state index in [4.69, 9.17) is 0 Å². The number of imide groups is 1. The quantitative estimate of drug-likeness (QED) is 0.600. The van der Waals surface area contributed by atoms with Gasteiger partial charge in [0.2, 0.25) is 0 Å². The van der Waals surface area contributed by atoms with Gasteiger partial charge in [-0.15, -0.1) is 0 Å². The smallest absolute Gasteiger partial charge is 0.282 e. The zero-order valence-corrected chi connectivity index (χ0v) is 17.7. The Bertz CT molecular complexity index is 1130. The number of hydrogen-bond acceptors (Lipinski definition) is 5. The summed E-state index contributed by atoms with van der Waals surface area (Å²) in [6.45, 7) is 5.14. The fraction of sp³-hybridized carbons (Fsp3) is 0.318. The lowest BCUT2D eigenvalue weighted by Crippen LogP contribution is -2.31. The first-order chi connectivity index (χ1) is 14.3. The molecule has 2 amide bonds. The predicted molar refractivity (Wildman–Crippen MR) is 115 cm³/mol. The number of benzene rings is 2. The zero-order chi connectivity index (χ0) is 21.5. The summed E-state index contributed by atoms with van der Waals surface area (Å²) in [5.41, 5.74) is 2.19. The molecular weight excluding hydrogens is 402 g/mol. The highest BCUT2D eigenvalue weighted by molar-refractivity contribution is 7.90. The molecular formula is C22H23N3O4S. The molecule has 1 saturated heterocycles. The minimum atomic E-state index is -3.87. The van der Waals surface area contributed by atoms with Gasteiger partial charge in [0.25, 0.3) is 21.8 Å². The number of anilines is 1. The molecule has 1 fully saturated rings. The van der Waals surface area contributed by atoms with Crippen LogP contribution in [0.5, 0.6) is 0 Å². The van der Waals surface area contributed by atoms with Crippen molar-refractivity contribution in [2.45, 2.75) is 31.6 Å². The number of piperidine rings is 1. The van der Waals surface area contributed by atoms with Crippen LogP contribution in [-0.2, 0) is 10.0 Å². The second kappa shape index (κ2) is 7.77. The molecule has 8 heteroatoms. The number of sulfonamides is 1. The van der Waals surface area contributed by atoms with Crippen molar-refractivity contribution in [3.63, 3.8) is 0 Å². The summed E-state index contributed by atoms with van der Waals surface area (Å²) in [6.07, 6.45) is 1.73. The third-order valence-electron chi connectivity index (χ3n) is 5.70. The number of amides is 2. The van der Waals surface area contributed by atoms with Crippen molar-refractivity contribution in [3.8, 4) is 0 Å².